The Labute approximate surface area is 199 Å². The maximum atomic E-state index is 14.2. The molecule has 33 heavy (non-hydrogen) atoms. The van der Waals surface area contributed by atoms with Gasteiger partial charge in [0.15, 0.2) is 0 Å². The van der Waals surface area contributed by atoms with E-state index in [1.54, 1.807) is 13.3 Å². The van der Waals surface area contributed by atoms with Crippen LogP contribution < -0.4 is 4.74 Å². The maximum Gasteiger partial charge on any atom is 0.237 e. The molecule has 0 saturated carbocycles. The van der Waals surface area contributed by atoms with Gasteiger partial charge in [-0.05, 0) is 72.1 Å². The zero-order valence-electron chi connectivity index (χ0n) is 18.8. The summed E-state index contributed by atoms with van der Waals surface area (Å²) in [5.41, 5.74) is 5.42. The first-order valence-corrected chi connectivity index (χ1v) is 12.2. The summed E-state index contributed by atoms with van der Waals surface area (Å²) in [6.07, 6.45) is 5.52. The van der Waals surface area contributed by atoms with Crippen LogP contribution in [0, 0.1) is 5.92 Å². The van der Waals surface area contributed by atoms with Crippen molar-refractivity contribution in [2.45, 2.75) is 37.0 Å². The first kappa shape index (κ1) is 20.7. The van der Waals surface area contributed by atoms with Gasteiger partial charge in [0, 0.05) is 35.8 Å². The number of pyridine rings is 1. The van der Waals surface area contributed by atoms with Crippen LogP contribution in [0.4, 0.5) is 0 Å². The van der Waals surface area contributed by atoms with E-state index in [0.717, 1.165) is 49.9 Å². The number of halogens is 1. The van der Waals surface area contributed by atoms with E-state index in [1.807, 2.05) is 18.2 Å². The van der Waals surface area contributed by atoms with Crippen LogP contribution in [0.1, 0.15) is 53.0 Å². The second kappa shape index (κ2) is 7.88. The van der Waals surface area contributed by atoms with E-state index in [-0.39, 0.29) is 11.8 Å². The number of aromatic nitrogens is 1. The number of amides is 1. The molecule has 1 unspecified atom stereocenters. The first-order valence-electron chi connectivity index (χ1n) is 11.8. The average Bonchev–Trinajstić information content (AvgIpc) is 3.38. The first-order chi connectivity index (χ1) is 16.1. The summed E-state index contributed by atoms with van der Waals surface area (Å²) < 4.78 is 5.44. The molecule has 6 rings (SSSR count). The van der Waals surface area contributed by atoms with Gasteiger partial charge in [-0.1, -0.05) is 48.0 Å². The zero-order chi connectivity index (χ0) is 22.6. The van der Waals surface area contributed by atoms with Crippen LogP contribution in [0.2, 0.25) is 5.02 Å². The van der Waals surface area contributed by atoms with Gasteiger partial charge in [-0.3, -0.25) is 4.79 Å². The molecule has 2 atom stereocenters. The maximum absolute atomic E-state index is 14.2. The standard InChI is InChI=1S/C28H27ClN2O2/c1-33-26-19(5-4-12-30-26)15-18-10-13-31(14-11-18)27(32)28-17-23(21-6-2-3-7-24(21)28)22-9-8-20(29)16-25(22)28/h2-9,12,16,18,23H,10-11,13-15,17H2,1H3/t23?,28-/m0/s1. The Balaban J connectivity index is 1.26. The molecule has 3 aromatic rings. The number of hydrogen-bond acceptors (Lipinski definition) is 3. The van der Waals surface area contributed by atoms with Crippen LogP contribution >= 0.6 is 11.6 Å². The third kappa shape index (κ3) is 3.11. The van der Waals surface area contributed by atoms with Gasteiger partial charge in [0.1, 0.15) is 5.41 Å². The SMILES string of the molecule is COc1ncccc1CC1CCN(C(=O)[C@@]23CC(c4ccccc42)c2ccc(Cl)cc23)CC1. The molecule has 2 heterocycles. The fourth-order valence-electron chi connectivity index (χ4n) is 6.45. The lowest BCUT2D eigenvalue weighted by molar-refractivity contribution is -0.137. The number of fused-ring (bicyclic) bond motifs is 8. The molecule has 4 nitrogen and oxygen atoms in total. The Morgan fingerprint density at radius 3 is 2.70 bits per heavy atom. The number of piperidine rings is 1. The van der Waals surface area contributed by atoms with Crippen LogP contribution in [0.3, 0.4) is 0 Å². The Kier molecular flexibility index (Phi) is 4.95. The Morgan fingerprint density at radius 1 is 1.09 bits per heavy atom. The predicted molar refractivity (Wildman–Crippen MR) is 129 cm³/mol. The van der Waals surface area contributed by atoms with Crippen molar-refractivity contribution >= 4 is 17.5 Å². The summed E-state index contributed by atoms with van der Waals surface area (Å²) in [7, 11) is 1.67. The summed E-state index contributed by atoms with van der Waals surface area (Å²) in [5, 5.41) is 0.704. The van der Waals surface area contributed by atoms with E-state index in [9.17, 15) is 4.79 Å². The van der Waals surface area contributed by atoms with E-state index >= 15 is 0 Å². The Morgan fingerprint density at radius 2 is 1.88 bits per heavy atom. The molecule has 5 heteroatoms. The van der Waals surface area contributed by atoms with E-state index in [2.05, 4.69) is 46.3 Å². The highest BCUT2D eigenvalue weighted by atomic mass is 35.5. The van der Waals surface area contributed by atoms with Crippen LogP contribution in [0.15, 0.2) is 60.8 Å². The van der Waals surface area contributed by atoms with E-state index < -0.39 is 5.41 Å². The number of ether oxygens (including phenoxy) is 1. The van der Waals surface area contributed by atoms with Crippen LogP contribution in [-0.2, 0) is 16.6 Å². The summed E-state index contributed by atoms with van der Waals surface area (Å²) in [6.45, 7) is 1.58. The number of methoxy groups -OCH3 is 1. The van der Waals surface area contributed by atoms with Gasteiger partial charge >= 0.3 is 0 Å². The molecule has 0 spiro atoms. The lowest BCUT2D eigenvalue weighted by Gasteiger charge is -2.39. The molecular weight excluding hydrogens is 432 g/mol. The predicted octanol–water partition coefficient (Wildman–Crippen LogP) is 5.36. The van der Waals surface area contributed by atoms with E-state index in [1.165, 1.54) is 16.7 Å². The van der Waals surface area contributed by atoms with Crippen LogP contribution in [-0.4, -0.2) is 36.0 Å². The highest BCUT2D eigenvalue weighted by molar-refractivity contribution is 6.30. The van der Waals surface area contributed by atoms with Gasteiger partial charge in [-0.2, -0.15) is 0 Å². The number of likely N-dealkylation sites (tertiary alicyclic amines) is 1. The second-order valence-corrected chi connectivity index (χ2v) is 10.0. The van der Waals surface area contributed by atoms with E-state index in [4.69, 9.17) is 16.3 Å². The van der Waals surface area contributed by atoms with Gasteiger partial charge in [0.2, 0.25) is 11.8 Å². The molecule has 2 aromatic carbocycles. The molecule has 2 aliphatic carbocycles. The van der Waals surface area contributed by atoms with Crippen LogP contribution in [0.25, 0.3) is 0 Å². The van der Waals surface area contributed by atoms with Gasteiger partial charge in [0.05, 0.1) is 7.11 Å². The lowest BCUT2D eigenvalue weighted by Crippen LogP contribution is -2.49. The van der Waals surface area contributed by atoms with Crippen molar-refractivity contribution in [3.05, 3.63) is 93.6 Å². The summed E-state index contributed by atoms with van der Waals surface area (Å²) in [4.78, 5) is 20.7. The lowest BCUT2D eigenvalue weighted by atomic mass is 9.73. The van der Waals surface area contributed by atoms with Crippen molar-refractivity contribution in [3.63, 3.8) is 0 Å². The number of hydrogen-bond donors (Lipinski definition) is 0. The number of benzene rings is 2. The fourth-order valence-corrected chi connectivity index (χ4v) is 6.62. The molecule has 3 aliphatic rings. The Bertz CT molecular complexity index is 1230. The number of carbonyl (C=O) groups excluding carboxylic acids is 1. The van der Waals surface area contributed by atoms with Crippen molar-refractivity contribution in [2.24, 2.45) is 5.92 Å². The minimum absolute atomic E-state index is 0.246. The largest absolute Gasteiger partial charge is 0.481 e. The molecule has 0 radical (unpaired) electrons. The average molecular weight is 459 g/mol. The highest BCUT2D eigenvalue weighted by Gasteiger charge is 2.58. The summed E-state index contributed by atoms with van der Waals surface area (Å²) in [6, 6.07) is 18.7. The Hall–Kier alpha value is -2.85. The van der Waals surface area contributed by atoms with Crippen molar-refractivity contribution in [3.8, 4) is 5.88 Å². The number of rotatable bonds is 4. The highest BCUT2D eigenvalue weighted by Crippen LogP contribution is 2.61. The molecule has 1 aromatic heterocycles. The van der Waals surface area contributed by atoms with Gasteiger partial charge in [0.25, 0.3) is 0 Å². The molecule has 1 saturated heterocycles. The molecule has 2 bridgehead atoms. The number of nitrogens with zero attached hydrogens (tertiary/aromatic N) is 2. The molecule has 1 amide bonds. The number of carbonyl (C=O) groups is 1. The normalized spacial score (nSPS) is 23.3. The van der Waals surface area contributed by atoms with Crippen molar-refractivity contribution in [1.29, 1.82) is 0 Å². The van der Waals surface area contributed by atoms with Gasteiger partial charge in [-0.25, -0.2) is 4.98 Å². The summed E-state index contributed by atoms with van der Waals surface area (Å²) in [5.74, 6) is 1.77. The minimum Gasteiger partial charge on any atom is -0.481 e. The molecule has 1 fully saturated rings. The zero-order valence-corrected chi connectivity index (χ0v) is 19.5. The van der Waals surface area contributed by atoms with Crippen molar-refractivity contribution in [1.82, 2.24) is 9.88 Å². The second-order valence-electron chi connectivity index (χ2n) is 9.59. The molecule has 1 aliphatic heterocycles. The monoisotopic (exact) mass is 458 g/mol. The minimum atomic E-state index is -0.596. The molecule has 0 N–H and O–H groups in total. The van der Waals surface area contributed by atoms with Crippen molar-refractivity contribution < 1.29 is 9.53 Å². The smallest absolute Gasteiger partial charge is 0.237 e. The molecule has 168 valence electrons. The summed E-state index contributed by atoms with van der Waals surface area (Å²) >= 11 is 6.42. The van der Waals surface area contributed by atoms with E-state index in [0.29, 0.717) is 16.8 Å². The van der Waals surface area contributed by atoms with Gasteiger partial charge in [-0.15, -0.1) is 0 Å². The van der Waals surface area contributed by atoms with Crippen molar-refractivity contribution in [2.75, 3.05) is 20.2 Å². The molecular formula is C28H27ClN2O2. The van der Waals surface area contributed by atoms with Gasteiger partial charge < -0.3 is 9.64 Å². The fraction of sp³-hybridized carbons (Fsp3) is 0.357. The van der Waals surface area contributed by atoms with Crippen LogP contribution in [0.5, 0.6) is 5.88 Å². The topological polar surface area (TPSA) is 42.4 Å². The quantitative estimate of drug-likeness (QED) is 0.528. The third-order valence-electron chi connectivity index (χ3n) is 7.98. The third-order valence-corrected chi connectivity index (χ3v) is 8.21.